The van der Waals surface area contributed by atoms with Gasteiger partial charge in [-0.25, -0.2) is 9.97 Å². The molecule has 8 heteroatoms. The second-order valence-corrected chi connectivity index (χ2v) is 4.73. The molecule has 0 aliphatic heterocycles. The second-order valence-electron chi connectivity index (χ2n) is 4.73. The molecule has 3 rings (SSSR count). The van der Waals surface area contributed by atoms with Crippen LogP contribution in [0.2, 0.25) is 0 Å². The molecule has 0 fully saturated rings. The number of aromatic nitrogens is 4. The number of hydrogen-bond donors (Lipinski definition) is 1. The van der Waals surface area contributed by atoms with E-state index in [1.165, 1.54) is 17.4 Å². The molecule has 0 aliphatic carbocycles. The first-order valence-electron chi connectivity index (χ1n) is 7.19. The number of nitrogens with one attached hydrogen (secondary N) is 1. The van der Waals surface area contributed by atoms with E-state index < -0.39 is 0 Å². The zero-order valence-electron chi connectivity index (χ0n) is 13.0. The van der Waals surface area contributed by atoms with Crippen LogP contribution < -0.4 is 15.0 Å². The fourth-order valence-electron chi connectivity index (χ4n) is 2.00. The number of benzene rings is 1. The molecule has 0 bridgehead atoms. The van der Waals surface area contributed by atoms with Crippen LogP contribution in [-0.2, 0) is 6.61 Å². The Labute approximate surface area is 138 Å². The quantitative estimate of drug-likeness (QED) is 0.527. The van der Waals surface area contributed by atoms with E-state index >= 15 is 0 Å². The summed E-state index contributed by atoms with van der Waals surface area (Å²) in [6.07, 6.45) is 6.29. The highest BCUT2D eigenvalue weighted by atomic mass is 16.5. The van der Waals surface area contributed by atoms with E-state index in [4.69, 9.17) is 9.47 Å². The Bertz CT molecular complexity index is 790. The van der Waals surface area contributed by atoms with Crippen molar-refractivity contribution in [1.82, 2.24) is 19.9 Å². The molecule has 24 heavy (non-hydrogen) atoms. The van der Waals surface area contributed by atoms with E-state index in [1.54, 1.807) is 25.6 Å². The van der Waals surface area contributed by atoms with Gasteiger partial charge in [-0.2, -0.15) is 10.6 Å². The normalized spacial score (nSPS) is 10.7. The fourth-order valence-corrected chi connectivity index (χ4v) is 2.00. The maximum absolute atomic E-state index is 5.68. The van der Waals surface area contributed by atoms with E-state index in [1.807, 2.05) is 30.3 Å². The maximum Gasteiger partial charge on any atom is 0.213 e. The molecule has 8 nitrogen and oxygen atoms in total. The Hall–Kier alpha value is -3.42. The number of hydrazone groups is 1. The van der Waals surface area contributed by atoms with E-state index in [0.29, 0.717) is 12.5 Å². The molecule has 2 aromatic heterocycles. The first-order valence-corrected chi connectivity index (χ1v) is 7.19. The minimum absolute atomic E-state index is 0.346. The van der Waals surface area contributed by atoms with Gasteiger partial charge >= 0.3 is 0 Å². The van der Waals surface area contributed by atoms with Gasteiger partial charge in [0.25, 0.3) is 0 Å². The zero-order chi connectivity index (χ0) is 16.6. The molecule has 3 aromatic rings. The summed E-state index contributed by atoms with van der Waals surface area (Å²) in [7, 11) is 1.62. The molecule has 0 spiro atoms. The van der Waals surface area contributed by atoms with Gasteiger partial charge in [0.2, 0.25) is 5.88 Å². The van der Waals surface area contributed by atoms with Gasteiger partial charge < -0.3 is 9.47 Å². The average Bonchev–Trinajstić information content (AvgIpc) is 3.14. The summed E-state index contributed by atoms with van der Waals surface area (Å²) in [4.78, 5) is 9.34. The van der Waals surface area contributed by atoms with Crippen LogP contribution in [0.25, 0.3) is 0 Å². The number of pyridine rings is 1. The van der Waals surface area contributed by atoms with Crippen molar-refractivity contribution >= 4 is 6.21 Å². The van der Waals surface area contributed by atoms with Gasteiger partial charge in [0.15, 0.2) is 0 Å². The highest BCUT2D eigenvalue weighted by Gasteiger charge is 2.05. The Morgan fingerprint density at radius 2 is 2.25 bits per heavy atom. The first kappa shape index (κ1) is 15.5. The average molecular weight is 324 g/mol. The molecule has 1 N–H and O–H groups in total. The van der Waals surface area contributed by atoms with Crippen LogP contribution >= 0.6 is 0 Å². The van der Waals surface area contributed by atoms with Gasteiger partial charge in [0, 0.05) is 17.8 Å². The van der Waals surface area contributed by atoms with Crippen molar-refractivity contribution < 1.29 is 9.47 Å². The zero-order valence-corrected chi connectivity index (χ0v) is 13.0. The summed E-state index contributed by atoms with van der Waals surface area (Å²) in [5.74, 6) is 1.30. The minimum atomic E-state index is 0.346. The predicted molar refractivity (Wildman–Crippen MR) is 88.5 cm³/mol. The minimum Gasteiger partial charge on any atom is -0.496 e. The third-order valence-electron chi connectivity index (χ3n) is 3.11. The third kappa shape index (κ3) is 4.07. The lowest BCUT2D eigenvalue weighted by molar-refractivity contribution is 0.285. The molecule has 0 radical (unpaired) electrons. The lowest BCUT2D eigenvalue weighted by atomic mass is 10.1. The molecule has 0 unspecified atom stereocenters. The van der Waals surface area contributed by atoms with E-state index in [-0.39, 0.29) is 0 Å². The Morgan fingerprint density at radius 3 is 3.00 bits per heavy atom. The highest BCUT2D eigenvalue weighted by molar-refractivity contribution is 5.80. The predicted octanol–water partition coefficient (Wildman–Crippen LogP) is 1.84. The van der Waals surface area contributed by atoms with Gasteiger partial charge in [0.1, 0.15) is 25.0 Å². The van der Waals surface area contributed by atoms with Crippen LogP contribution in [0.3, 0.4) is 0 Å². The SMILES string of the molecule is COc1ccc(/C=N\Nn2cncn2)cc1COc1ccccn1. The Morgan fingerprint density at radius 1 is 1.29 bits per heavy atom. The van der Waals surface area contributed by atoms with Crippen LogP contribution in [0.4, 0.5) is 0 Å². The summed E-state index contributed by atoms with van der Waals surface area (Å²) in [5, 5.41) is 7.98. The molecular weight excluding hydrogens is 308 g/mol. The molecule has 1 aromatic carbocycles. The first-order chi connectivity index (χ1) is 11.8. The van der Waals surface area contributed by atoms with E-state index in [0.717, 1.165) is 16.9 Å². The van der Waals surface area contributed by atoms with Crippen LogP contribution in [0, 0.1) is 0 Å². The number of nitrogens with zero attached hydrogens (tertiary/aromatic N) is 5. The molecule has 0 atom stereocenters. The van der Waals surface area contributed by atoms with Crippen molar-refractivity contribution in [3.63, 3.8) is 0 Å². The fraction of sp³-hybridized carbons (Fsp3) is 0.125. The monoisotopic (exact) mass is 324 g/mol. The van der Waals surface area contributed by atoms with Crippen molar-refractivity contribution in [3.05, 3.63) is 66.4 Å². The summed E-state index contributed by atoms with van der Waals surface area (Å²) in [6, 6.07) is 11.2. The largest absolute Gasteiger partial charge is 0.496 e. The van der Waals surface area contributed by atoms with Gasteiger partial charge in [-0.05, 0) is 29.8 Å². The second kappa shape index (κ2) is 7.73. The highest BCUT2D eigenvalue weighted by Crippen LogP contribution is 2.21. The molecule has 122 valence electrons. The topological polar surface area (TPSA) is 86.5 Å². The Balaban J connectivity index is 1.69. The van der Waals surface area contributed by atoms with Gasteiger partial charge in [-0.3, -0.25) is 0 Å². The van der Waals surface area contributed by atoms with Crippen molar-refractivity contribution in [3.8, 4) is 11.6 Å². The van der Waals surface area contributed by atoms with Crippen LogP contribution in [0.5, 0.6) is 11.6 Å². The molecule has 0 aliphatic rings. The number of methoxy groups -OCH3 is 1. The van der Waals surface area contributed by atoms with Crippen LogP contribution in [0.15, 0.2) is 60.4 Å². The standard InChI is InChI=1S/C16H16N6O2/c1-23-15-6-5-13(9-19-21-22-12-17-11-20-22)8-14(15)10-24-16-4-2-3-7-18-16/h2-9,11-12,21H,10H2,1H3/b19-9-. The lowest BCUT2D eigenvalue weighted by Gasteiger charge is -2.10. The van der Waals surface area contributed by atoms with E-state index in [9.17, 15) is 0 Å². The van der Waals surface area contributed by atoms with Crippen molar-refractivity contribution in [2.75, 3.05) is 12.6 Å². The third-order valence-corrected chi connectivity index (χ3v) is 3.11. The van der Waals surface area contributed by atoms with Gasteiger partial charge in [-0.1, -0.05) is 6.07 Å². The van der Waals surface area contributed by atoms with Crippen molar-refractivity contribution in [2.45, 2.75) is 6.61 Å². The summed E-state index contributed by atoms with van der Waals surface area (Å²) in [5.41, 5.74) is 4.51. The molecule has 0 saturated heterocycles. The summed E-state index contributed by atoms with van der Waals surface area (Å²) in [6.45, 7) is 0.346. The summed E-state index contributed by atoms with van der Waals surface area (Å²) < 4.78 is 11.0. The number of hydrogen-bond acceptors (Lipinski definition) is 7. The smallest absolute Gasteiger partial charge is 0.213 e. The lowest BCUT2D eigenvalue weighted by Crippen LogP contribution is -2.08. The van der Waals surface area contributed by atoms with Crippen molar-refractivity contribution in [2.24, 2.45) is 5.10 Å². The van der Waals surface area contributed by atoms with Gasteiger partial charge in [-0.15, -0.1) is 9.89 Å². The maximum atomic E-state index is 5.68. The van der Waals surface area contributed by atoms with Crippen molar-refractivity contribution in [1.29, 1.82) is 0 Å². The molecule has 0 amide bonds. The Kier molecular flexibility index (Phi) is 4.98. The molecule has 2 heterocycles. The molecular formula is C16H16N6O2. The number of ether oxygens (including phenoxy) is 2. The number of rotatable bonds is 7. The van der Waals surface area contributed by atoms with Gasteiger partial charge in [0.05, 0.1) is 13.3 Å². The van der Waals surface area contributed by atoms with Crippen LogP contribution in [0.1, 0.15) is 11.1 Å². The van der Waals surface area contributed by atoms with Crippen LogP contribution in [-0.4, -0.2) is 33.2 Å². The van der Waals surface area contributed by atoms with E-state index in [2.05, 4.69) is 25.7 Å². The molecule has 0 saturated carbocycles. The summed E-state index contributed by atoms with van der Waals surface area (Å²) >= 11 is 0.